The van der Waals surface area contributed by atoms with E-state index in [4.69, 9.17) is 5.73 Å². The molecule has 1 heterocycles. The predicted octanol–water partition coefficient (Wildman–Crippen LogP) is 1.99. The van der Waals surface area contributed by atoms with Gasteiger partial charge in [0.25, 0.3) is 0 Å². The Balaban J connectivity index is 1.83. The monoisotopic (exact) mass is 196 g/mol. The quantitative estimate of drug-likeness (QED) is 0.732. The van der Waals surface area contributed by atoms with Gasteiger partial charge in [0.1, 0.15) is 0 Å². The molecule has 0 bridgehead atoms. The Morgan fingerprint density at radius 3 is 2.57 bits per heavy atom. The summed E-state index contributed by atoms with van der Waals surface area (Å²) in [5.41, 5.74) is 6.59. The van der Waals surface area contributed by atoms with Gasteiger partial charge in [-0.3, -0.25) is 0 Å². The Hall–Kier alpha value is -0.0800. The van der Waals surface area contributed by atoms with Crippen molar-refractivity contribution in [2.24, 2.45) is 11.7 Å². The molecule has 0 aromatic carbocycles. The highest BCUT2D eigenvalue weighted by molar-refractivity contribution is 4.95. The number of hydrogen-bond acceptors (Lipinski definition) is 2. The highest BCUT2D eigenvalue weighted by Gasteiger charge is 2.34. The molecule has 2 N–H and O–H groups in total. The van der Waals surface area contributed by atoms with Gasteiger partial charge >= 0.3 is 0 Å². The smallest absolute Gasteiger partial charge is 0.0298 e. The van der Waals surface area contributed by atoms with Crippen molar-refractivity contribution in [2.75, 3.05) is 20.1 Å². The zero-order valence-corrected chi connectivity index (χ0v) is 9.47. The van der Waals surface area contributed by atoms with Crippen molar-refractivity contribution in [3.63, 3.8) is 0 Å². The zero-order valence-electron chi connectivity index (χ0n) is 9.47. The van der Waals surface area contributed by atoms with E-state index in [0.29, 0.717) is 0 Å². The minimum Gasteiger partial charge on any atom is -0.324 e. The first-order valence-corrected chi connectivity index (χ1v) is 6.15. The molecular weight excluding hydrogens is 172 g/mol. The van der Waals surface area contributed by atoms with Crippen LogP contribution in [0, 0.1) is 5.92 Å². The highest BCUT2D eigenvalue weighted by atomic mass is 15.2. The predicted molar refractivity (Wildman–Crippen MR) is 60.2 cm³/mol. The fourth-order valence-corrected chi connectivity index (χ4v) is 3.24. The zero-order chi connectivity index (χ0) is 10.0. The van der Waals surface area contributed by atoms with E-state index in [2.05, 4.69) is 11.9 Å². The first-order chi connectivity index (χ1) is 6.68. The Labute approximate surface area is 87.8 Å². The van der Waals surface area contributed by atoms with Crippen LogP contribution < -0.4 is 5.73 Å². The van der Waals surface area contributed by atoms with Gasteiger partial charge in [-0.15, -0.1) is 0 Å². The van der Waals surface area contributed by atoms with Gasteiger partial charge in [-0.25, -0.2) is 0 Å². The second-order valence-corrected chi connectivity index (χ2v) is 5.56. The van der Waals surface area contributed by atoms with Crippen LogP contribution in [0.3, 0.4) is 0 Å². The Kier molecular flexibility index (Phi) is 3.13. The van der Waals surface area contributed by atoms with E-state index >= 15 is 0 Å². The van der Waals surface area contributed by atoms with Crippen LogP contribution in [0.15, 0.2) is 0 Å². The number of rotatable bonds is 2. The van der Waals surface area contributed by atoms with Crippen molar-refractivity contribution in [1.82, 2.24) is 4.90 Å². The minimum atomic E-state index is 0.150. The van der Waals surface area contributed by atoms with Crippen LogP contribution in [0.4, 0.5) is 0 Å². The Bertz CT molecular complexity index is 187. The van der Waals surface area contributed by atoms with Crippen LogP contribution in [0.25, 0.3) is 0 Å². The molecule has 0 aromatic rings. The molecule has 1 saturated carbocycles. The lowest BCUT2D eigenvalue weighted by molar-refractivity contribution is 0.256. The molecule has 2 heteroatoms. The average Bonchev–Trinajstić information content (AvgIpc) is 2.47. The molecule has 2 rings (SSSR count). The standard InChI is InChI=1S/C12H24N2/c1-14-8-7-12(13,10-14)9-11-5-3-2-4-6-11/h11H,2-10,13H2,1H3. The van der Waals surface area contributed by atoms with E-state index in [1.165, 1.54) is 51.5 Å². The molecule has 0 aromatic heterocycles. The normalized spacial score (nSPS) is 36.4. The third-order valence-corrected chi connectivity index (χ3v) is 4.00. The maximum Gasteiger partial charge on any atom is 0.0298 e. The molecule has 2 nitrogen and oxygen atoms in total. The molecule has 0 spiro atoms. The SMILES string of the molecule is CN1CCC(N)(CC2CCCCC2)C1. The van der Waals surface area contributed by atoms with Gasteiger partial charge in [-0.1, -0.05) is 32.1 Å². The van der Waals surface area contributed by atoms with Crippen molar-refractivity contribution in [3.8, 4) is 0 Å². The molecule has 1 unspecified atom stereocenters. The summed E-state index contributed by atoms with van der Waals surface area (Å²) in [4.78, 5) is 2.38. The number of nitrogens with zero attached hydrogens (tertiary/aromatic N) is 1. The van der Waals surface area contributed by atoms with Crippen LogP contribution >= 0.6 is 0 Å². The highest BCUT2D eigenvalue weighted by Crippen LogP contribution is 2.33. The average molecular weight is 196 g/mol. The van der Waals surface area contributed by atoms with E-state index in [0.717, 1.165) is 12.5 Å². The summed E-state index contributed by atoms with van der Waals surface area (Å²) in [6.07, 6.45) is 9.68. The summed E-state index contributed by atoms with van der Waals surface area (Å²) < 4.78 is 0. The van der Waals surface area contributed by atoms with Gasteiger partial charge in [0.05, 0.1) is 0 Å². The summed E-state index contributed by atoms with van der Waals surface area (Å²) in [5.74, 6) is 0.931. The van der Waals surface area contributed by atoms with Crippen LogP contribution in [0.5, 0.6) is 0 Å². The number of nitrogens with two attached hydrogens (primary N) is 1. The van der Waals surface area contributed by atoms with E-state index in [1.807, 2.05) is 0 Å². The van der Waals surface area contributed by atoms with Crippen LogP contribution in [0.2, 0.25) is 0 Å². The van der Waals surface area contributed by atoms with Crippen LogP contribution in [0.1, 0.15) is 44.9 Å². The summed E-state index contributed by atoms with van der Waals surface area (Å²) in [6, 6.07) is 0. The second-order valence-electron chi connectivity index (χ2n) is 5.56. The molecule has 1 saturated heterocycles. The fourth-order valence-electron chi connectivity index (χ4n) is 3.24. The van der Waals surface area contributed by atoms with Crippen LogP contribution in [-0.4, -0.2) is 30.6 Å². The van der Waals surface area contributed by atoms with Crippen molar-refractivity contribution < 1.29 is 0 Å². The topological polar surface area (TPSA) is 29.3 Å². The first-order valence-electron chi connectivity index (χ1n) is 6.15. The summed E-state index contributed by atoms with van der Waals surface area (Å²) in [5, 5.41) is 0. The largest absolute Gasteiger partial charge is 0.324 e. The van der Waals surface area contributed by atoms with Gasteiger partial charge < -0.3 is 10.6 Å². The fraction of sp³-hybridized carbons (Fsp3) is 1.00. The molecule has 1 aliphatic heterocycles. The van der Waals surface area contributed by atoms with Gasteiger partial charge in [-0.2, -0.15) is 0 Å². The van der Waals surface area contributed by atoms with Crippen molar-refractivity contribution in [3.05, 3.63) is 0 Å². The Morgan fingerprint density at radius 1 is 1.29 bits per heavy atom. The molecular formula is C12H24N2. The van der Waals surface area contributed by atoms with Crippen molar-refractivity contribution in [1.29, 1.82) is 0 Å². The Morgan fingerprint density at radius 2 is 2.00 bits per heavy atom. The van der Waals surface area contributed by atoms with Gasteiger partial charge in [0.15, 0.2) is 0 Å². The van der Waals surface area contributed by atoms with Crippen LogP contribution in [-0.2, 0) is 0 Å². The molecule has 1 aliphatic carbocycles. The molecule has 14 heavy (non-hydrogen) atoms. The molecule has 1 atom stereocenters. The van der Waals surface area contributed by atoms with Gasteiger partial charge in [-0.05, 0) is 32.4 Å². The van der Waals surface area contributed by atoms with E-state index in [1.54, 1.807) is 0 Å². The number of likely N-dealkylation sites (tertiary alicyclic amines) is 1. The maximum atomic E-state index is 6.44. The van der Waals surface area contributed by atoms with Gasteiger partial charge in [0.2, 0.25) is 0 Å². The van der Waals surface area contributed by atoms with Crippen molar-refractivity contribution in [2.45, 2.75) is 50.5 Å². The summed E-state index contributed by atoms with van der Waals surface area (Å²) >= 11 is 0. The van der Waals surface area contributed by atoms with E-state index in [9.17, 15) is 0 Å². The van der Waals surface area contributed by atoms with Gasteiger partial charge in [0, 0.05) is 12.1 Å². The van der Waals surface area contributed by atoms with Crippen molar-refractivity contribution >= 4 is 0 Å². The maximum absolute atomic E-state index is 6.44. The first kappa shape index (κ1) is 10.4. The molecule has 0 radical (unpaired) electrons. The minimum absolute atomic E-state index is 0.150. The molecule has 2 fully saturated rings. The molecule has 82 valence electrons. The summed E-state index contributed by atoms with van der Waals surface area (Å²) in [6.45, 7) is 2.31. The number of hydrogen-bond donors (Lipinski definition) is 1. The second kappa shape index (κ2) is 4.19. The summed E-state index contributed by atoms with van der Waals surface area (Å²) in [7, 11) is 2.19. The third kappa shape index (κ3) is 2.48. The lowest BCUT2D eigenvalue weighted by Gasteiger charge is -2.31. The van der Waals surface area contributed by atoms with E-state index in [-0.39, 0.29) is 5.54 Å². The van der Waals surface area contributed by atoms with E-state index < -0.39 is 0 Å². The number of likely N-dealkylation sites (N-methyl/N-ethyl adjacent to an activating group) is 1. The lowest BCUT2D eigenvalue weighted by atomic mass is 9.79. The lowest BCUT2D eigenvalue weighted by Crippen LogP contribution is -2.44. The third-order valence-electron chi connectivity index (χ3n) is 4.00. The molecule has 0 amide bonds. The molecule has 2 aliphatic rings.